The van der Waals surface area contributed by atoms with E-state index in [4.69, 9.17) is 9.84 Å². The second-order valence-corrected chi connectivity index (χ2v) is 9.26. The van der Waals surface area contributed by atoms with Crippen molar-refractivity contribution in [3.63, 3.8) is 0 Å². The fourth-order valence-corrected chi connectivity index (χ4v) is 5.33. The third-order valence-corrected chi connectivity index (χ3v) is 7.09. The van der Waals surface area contributed by atoms with E-state index in [9.17, 15) is 14.4 Å². The maximum Gasteiger partial charge on any atom is 0.407 e. The van der Waals surface area contributed by atoms with E-state index in [1.807, 2.05) is 24.3 Å². The van der Waals surface area contributed by atoms with Gasteiger partial charge in [-0.1, -0.05) is 55.0 Å². The molecule has 0 bridgehead atoms. The summed E-state index contributed by atoms with van der Waals surface area (Å²) < 4.78 is 5.62. The summed E-state index contributed by atoms with van der Waals surface area (Å²) >= 11 is 0. The molecule has 2 aromatic carbocycles. The van der Waals surface area contributed by atoms with Crippen molar-refractivity contribution in [2.45, 2.75) is 38.0 Å². The maximum atomic E-state index is 12.8. The molecule has 7 nitrogen and oxygen atoms in total. The Balaban J connectivity index is 1.28. The molecule has 180 valence electrons. The number of hydrogen-bond acceptors (Lipinski definition) is 4. The van der Waals surface area contributed by atoms with Crippen molar-refractivity contribution in [2.24, 2.45) is 11.8 Å². The van der Waals surface area contributed by atoms with Crippen molar-refractivity contribution in [3.8, 4) is 11.1 Å². The molecule has 2 amide bonds. The minimum absolute atomic E-state index is 0.0124. The molecule has 2 atom stereocenters. The van der Waals surface area contributed by atoms with Gasteiger partial charge in [-0.05, 0) is 47.4 Å². The summed E-state index contributed by atoms with van der Waals surface area (Å²) in [4.78, 5) is 37.7. The number of benzene rings is 2. The van der Waals surface area contributed by atoms with E-state index in [2.05, 4.69) is 29.6 Å². The second kappa shape index (κ2) is 10.7. The molecular formula is C27H32N2O5. The van der Waals surface area contributed by atoms with Gasteiger partial charge in [0.15, 0.2) is 0 Å². The Morgan fingerprint density at radius 3 is 2.32 bits per heavy atom. The fraction of sp³-hybridized carbons (Fsp3) is 0.444. The lowest BCUT2D eigenvalue weighted by Gasteiger charge is -2.25. The van der Waals surface area contributed by atoms with Gasteiger partial charge in [0.05, 0.1) is 0 Å². The van der Waals surface area contributed by atoms with Gasteiger partial charge in [-0.25, -0.2) is 4.79 Å². The number of nitrogens with zero attached hydrogens (tertiary/aromatic N) is 1. The number of alkyl carbamates (subject to hydrolysis) is 1. The third-order valence-electron chi connectivity index (χ3n) is 7.09. The first-order chi connectivity index (χ1) is 16.5. The number of carboxylic acid groups (broad SMARTS) is 1. The summed E-state index contributed by atoms with van der Waals surface area (Å²) in [6, 6.07) is 16.4. The van der Waals surface area contributed by atoms with Gasteiger partial charge in [0.1, 0.15) is 6.61 Å². The van der Waals surface area contributed by atoms with Gasteiger partial charge in [-0.3, -0.25) is 9.59 Å². The van der Waals surface area contributed by atoms with E-state index in [1.165, 1.54) is 22.3 Å². The zero-order chi connectivity index (χ0) is 24.1. The summed E-state index contributed by atoms with van der Waals surface area (Å²) in [7, 11) is 1.72. The number of carbonyl (C=O) groups excluding carboxylic acids is 2. The highest BCUT2D eigenvalue weighted by Crippen LogP contribution is 2.44. The first kappa shape index (κ1) is 23.8. The Kier molecular flexibility index (Phi) is 7.50. The first-order valence-electron chi connectivity index (χ1n) is 12.0. The molecule has 1 saturated carbocycles. The molecule has 2 N–H and O–H groups in total. The lowest BCUT2D eigenvalue weighted by atomic mass is 9.94. The van der Waals surface area contributed by atoms with Gasteiger partial charge in [0.2, 0.25) is 5.91 Å². The third kappa shape index (κ3) is 5.24. The van der Waals surface area contributed by atoms with Crippen molar-refractivity contribution in [2.75, 3.05) is 26.7 Å². The minimum Gasteiger partial charge on any atom is -0.481 e. The number of aliphatic carboxylic acids is 1. The Labute approximate surface area is 200 Å². The Hall–Kier alpha value is -3.35. The van der Waals surface area contributed by atoms with Crippen LogP contribution < -0.4 is 5.32 Å². The van der Waals surface area contributed by atoms with Gasteiger partial charge in [-0.15, -0.1) is 0 Å². The van der Waals surface area contributed by atoms with E-state index in [1.54, 1.807) is 11.9 Å². The average molecular weight is 465 g/mol. The molecule has 0 spiro atoms. The Morgan fingerprint density at radius 2 is 1.68 bits per heavy atom. The highest BCUT2D eigenvalue weighted by Gasteiger charge is 2.35. The van der Waals surface area contributed by atoms with Crippen molar-refractivity contribution in [1.82, 2.24) is 10.2 Å². The van der Waals surface area contributed by atoms with Gasteiger partial charge >= 0.3 is 12.1 Å². The summed E-state index contributed by atoms with van der Waals surface area (Å²) in [5.41, 5.74) is 4.71. The molecule has 7 heteroatoms. The van der Waals surface area contributed by atoms with Crippen LogP contribution in [0.4, 0.5) is 4.79 Å². The van der Waals surface area contributed by atoms with Gasteiger partial charge in [0.25, 0.3) is 0 Å². The smallest absolute Gasteiger partial charge is 0.407 e. The lowest BCUT2D eigenvalue weighted by molar-refractivity contribution is -0.139. The van der Waals surface area contributed by atoms with E-state index >= 15 is 0 Å². The molecule has 0 saturated heterocycles. The molecule has 0 aliphatic heterocycles. The van der Waals surface area contributed by atoms with Crippen molar-refractivity contribution in [3.05, 3.63) is 59.7 Å². The van der Waals surface area contributed by atoms with Crippen molar-refractivity contribution >= 4 is 18.0 Å². The monoisotopic (exact) mass is 464 g/mol. The Bertz CT molecular complexity index is 1010. The fourth-order valence-electron chi connectivity index (χ4n) is 5.33. The van der Waals surface area contributed by atoms with Crippen LogP contribution >= 0.6 is 0 Å². The quantitative estimate of drug-likeness (QED) is 0.578. The number of fused-ring (bicyclic) bond motifs is 3. The standard InChI is InChI=1S/C27H32N2O5/c1-29(15-7-14-25(30)31)26(32)19-13-6-8-18(19)16-28-27(33)34-17-24-22-11-4-2-9-20(22)21-10-3-5-12-23(21)24/h2-5,9-12,18-19,24H,6-8,13-17H2,1H3,(H,28,33)(H,30,31)/t18-,19-/m0/s1. The molecule has 4 rings (SSSR count). The molecule has 0 heterocycles. The summed E-state index contributed by atoms with van der Waals surface area (Å²) in [6.45, 7) is 1.09. The molecule has 2 aromatic rings. The van der Waals surface area contributed by atoms with Crippen LogP contribution in [0.25, 0.3) is 11.1 Å². The normalized spacial score (nSPS) is 18.7. The minimum atomic E-state index is -0.855. The average Bonchev–Trinajstić information content (AvgIpc) is 3.43. The van der Waals surface area contributed by atoms with Crippen molar-refractivity contribution < 1.29 is 24.2 Å². The van der Waals surface area contributed by atoms with E-state index in [0.29, 0.717) is 19.5 Å². The predicted octanol–water partition coefficient (Wildman–Crippen LogP) is 4.26. The highest BCUT2D eigenvalue weighted by molar-refractivity contribution is 5.80. The van der Waals surface area contributed by atoms with Crippen LogP contribution in [0, 0.1) is 11.8 Å². The number of hydrogen-bond donors (Lipinski definition) is 2. The molecule has 1 fully saturated rings. The number of amides is 2. The van der Waals surface area contributed by atoms with E-state index < -0.39 is 12.1 Å². The SMILES string of the molecule is CN(CCCC(=O)O)C(=O)[C@H]1CCC[C@H]1CNC(=O)OCC1c2ccccc2-c2ccccc21. The van der Waals surface area contributed by atoms with Crippen LogP contribution in [-0.4, -0.2) is 54.7 Å². The largest absolute Gasteiger partial charge is 0.481 e. The van der Waals surface area contributed by atoms with Crippen molar-refractivity contribution in [1.29, 1.82) is 0 Å². The molecular weight excluding hydrogens is 432 g/mol. The Morgan fingerprint density at radius 1 is 1.03 bits per heavy atom. The van der Waals surface area contributed by atoms with Crippen LogP contribution in [-0.2, 0) is 14.3 Å². The molecule has 2 aliphatic carbocycles. The molecule has 0 aromatic heterocycles. The highest BCUT2D eigenvalue weighted by atomic mass is 16.5. The molecule has 2 aliphatic rings. The lowest BCUT2D eigenvalue weighted by Crippen LogP contribution is -2.39. The molecule has 0 unspecified atom stereocenters. The number of rotatable bonds is 9. The number of carbonyl (C=O) groups is 3. The van der Waals surface area contributed by atoms with Gasteiger partial charge < -0.3 is 20.1 Å². The second-order valence-electron chi connectivity index (χ2n) is 9.26. The molecule has 0 radical (unpaired) electrons. The predicted molar refractivity (Wildman–Crippen MR) is 128 cm³/mol. The number of carboxylic acids is 1. The topological polar surface area (TPSA) is 95.9 Å². The summed E-state index contributed by atoms with van der Waals surface area (Å²) in [5.74, 6) is -0.897. The maximum absolute atomic E-state index is 12.8. The van der Waals surface area contributed by atoms with Crippen LogP contribution in [0.5, 0.6) is 0 Å². The van der Waals surface area contributed by atoms with Crippen LogP contribution in [0.15, 0.2) is 48.5 Å². The van der Waals surface area contributed by atoms with Gasteiger partial charge in [-0.2, -0.15) is 0 Å². The van der Waals surface area contributed by atoms with Gasteiger partial charge in [0, 0.05) is 38.4 Å². The first-order valence-corrected chi connectivity index (χ1v) is 12.0. The van der Waals surface area contributed by atoms with Crippen LogP contribution in [0.3, 0.4) is 0 Å². The summed E-state index contributed by atoms with van der Waals surface area (Å²) in [6.07, 6.45) is 2.63. The van der Waals surface area contributed by atoms with Crippen LogP contribution in [0.1, 0.15) is 49.1 Å². The van der Waals surface area contributed by atoms with E-state index in [0.717, 1.165) is 19.3 Å². The summed E-state index contributed by atoms with van der Waals surface area (Å²) in [5, 5.41) is 11.7. The number of nitrogens with one attached hydrogen (secondary N) is 1. The zero-order valence-corrected chi connectivity index (χ0v) is 19.5. The van der Waals surface area contributed by atoms with Crippen LogP contribution in [0.2, 0.25) is 0 Å². The number of ether oxygens (including phenoxy) is 1. The zero-order valence-electron chi connectivity index (χ0n) is 19.5. The van der Waals surface area contributed by atoms with E-state index in [-0.39, 0.29) is 36.7 Å². The molecule has 34 heavy (non-hydrogen) atoms.